The highest BCUT2D eigenvalue weighted by atomic mass is 16.2. The fourth-order valence-corrected chi connectivity index (χ4v) is 3.48. The van der Waals surface area contributed by atoms with Gasteiger partial charge in [0.15, 0.2) is 0 Å². The number of amides is 2. The number of nitrogens with zero attached hydrogens (tertiary/aromatic N) is 1. The lowest BCUT2D eigenvalue weighted by Crippen LogP contribution is -2.37. The fraction of sp³-hybridized carbons (Fsp3) is 0.364. The van der Waals surface area contributed by atoms with Crippen LogP contribution in [-0.4, -0.2) is 23.3 Å². The van der Waals surface area contributed by atoms with E-state index in [1.54, 1.807) is 4.90 Å². The predicted molar refractivity (Wildman–Crippen MR) is 104 cm³/mol. The van der Waals surface area contributed by atoms with Crippen LogP contribution in [0.2, 0.25) is 0 Å². The van der Waals surface area contributed by atoms with Crippen molar-refractivity contribution in [2.45, 2.75) is 46.1 Å². The Labute approximate surface area is 155 Å². The van der Waals surface area contributed by atoms with Gasteiger partial charge in [0.25, 0.3) is 0 Å². The van der Waals surface area contributed by atoms with Crippen LogP contribution in [0, 0.1) is 6.92 Å². The second-order valence-electron chi connectivity index (χ2n) is 7.25. The van der Waals surface area contributed by atoms with Crippen molar-refractivity contribution in [3.05, 3.63) is 64.7 Å². The number of carbonyl (C=O) groups is 2. The molecule has 0 fully saturated rings. The number of nitrogens with one attached hydrogen (secondary N) is 1. The molecule has 2 aromatic carbocycles. The van der Waals surface area contributed by atoms with Crippen molar-refractivity contribution >= 4 is 17.5 Å². The molecule has 2 amide bonds. The van der Waals surface area contributed by atoms with Gasteiger partial charge >= 0.3 is 0 Å². The van der Waals surface area contributed by atoms with Crippen LogP contribution in [0.5, 0.6) is 0 Å². The van der Waals surface area contributed by atoms with E-state index in [1.807, 2.05) is 37.3 Å². The standard InChI is InChI=1S/C22H26N2O2/c1-15(2)19-10-6-7-16(3)22(19)23-20(25)13-21(26)24-12-11-17-8-4-5-9-18(17)14-24/h4-10,15H,11-14H2,1-3H3,(H,23,25). The molecule has 0 unspecified atom stereocenters. The van der Waals surface area contributed by atoms with Gasteiger partial charge in [-0.25, -0.2) is 0 Å². The Morgan fingerprint density at radius 3 is 2.54 bits per heavy atom. The Balaban J connectivity index is 1.65. The summed E-state index contributed by atoms with van der Waals surface area (Å²) in [7, 11) is 0. The lowest BCUT2D eigenvalue weighted by molar-refractivity contribution is -0.135. The van der Waals surface area contributed by atoms with Crippen molar-refractivity contribution in [2.75, 3.05) is 11.9 Å². The summed E-state index contributed by atoms with van der Waals surface area (Å²) < 4.78 is 0. The SMILES string of the molecule is Cc1cccc(C(C)C)c1NC(=O)CC(=O)N1CCc2ccccc2C1. The minimum absolute atomic E-state index is 0.114. The average molecular weight is 350 g/mol. The van der Waals surface area contributed by atoms with Crippen LogP contribution in [0.3, 0.4) is 0 Å². The van der Waals surface area contributed by atoms with E-state index in [2.05, 4.69) is 31.3 Å². The molecule has 1 aliphatic heterocycles. The molecule has 136 valence electrons. The minimum Gasteiger partial charge on any atom is -0.338 e. The Morgan fingerprint density at radius 1 is 1.08 bits per heavy atom. The number of anilines is 1. The molecule has 0 spiro atoms. The lowest BCUT2D eigenvalue weighted by atomic mass is 9.98. The van der Waals surface area contributed by atoms with E-state index in [0.29, 0.717) is 19.0 Å². The molecule has 4 heteroatoms. The quantitative estimate of drug-likeness (QED) is 0.846. The molecule has 0 bridgehead atoms. The molecule has 4 nitrogen and oxygen atoms in total. The number of benzene rings is 2. The largest absolute Gasteiger partial charge is 0.338 e. The maximum absolute atomic E-state index is 12.6. The smallest absolute Gasteiger partial charge is 0.233 e. The number of hydrogen-bond acceptors (Lipinski definition) is 2. The van der Waals surface area contributed by atoms with Crippen LogP contribution < -0.4 is 5.32 Å². The summed E-state index contributed by atoms with van der Waals surface area (Å²) in [5.74, 6) is -0.0544. The third-order valence-corrected chi connectivity index (χ3v) is 4.99. The first-order chi connectivity index (χ1) is 12.5. The summed E-state index contributed by atoms with van der Waals surface area (Å²) in [5, 5.41) is 2.96. The molecule has 0 saturated carbocycles. The molecule has 0 atom stereocenters. The van der Waals surface area contributed by atoms with Crippen LogP contribution in [0.1, 0.15) is 48.4 Å². The van der Waals surface area contributed by atoms with E-state index in [0.717, 1.165) is 23.2 Å². The van der Waals surface area contributed by atoms with Crippen molar-refractivity contribution in [3.63, 3.8) is 0 Å². The van der Waals surface area contributed by atoms with Crippen LogP contribution in [0.15, 0.2) is 42.5 Å². The number of carbonyl (C=O) groups excluding carboxylic acids is 2. The summed E-state index contributed by atoms with van der Waals surface area (Å²) in [5.41, 5.74) is 5.42. The van der Waals surface area contributed by atoms with Crippen LogP contribution in [0.25, 0.3) is 0 Å². The predicted octanol–water partition coefficient (Wildman–Crippen LogP) is 4.03. The van der Waals surface area contributed by atoms with Crippen molar-refractivity contribution in [3.8, 4) is 0 Å². The number of rotatable bonds is 4. The van der Waals surface area contributed by atoms with Gasteiger partial charge in [-0.15, -0.1) is 0 Å². The second-order valence-corrected chi connectivity index (χ2v) is 7.25. The molecule has 0 aromatic heterocycles. The Kier molecular flexibility index (Phi) is 5.40. The molecule has 1 aliphatic rings. The van der Waals surface area contributed by atoms with Crippen LogP contribution in [0.4, 0.5) is 5.69 Å². The number of aryl methyl sites for hydroxylation is 1. The van der Waals surface area contributed by atoms with E-state index < -0.39 is 0 Å². The average Bonchev–Trinajstić information content (AvgIpc) is 2.62. The first-order valence-corrected chi connectivity index (χ1v) is 9.19. The van der Waals surface area contributed by atoms with Crippen molar-refractivity contribution in [2.24, 2.45) is 0 Å². The van der Waals surface area contributed by atoms with E-state index in [-0.39, 0.29) is 18.2 Å². The van der Waals surface area contributed by atoms with Crippen molar-refractivity contribution in [1.82, 2.24) is 4.90 Å². The Morgan fingerprint density at radius 2 is 1.81 bits per heavy atom. The number of hydrogen-bond donors (Lipinski definition) is 1. The molecule has 26 heavy (non-hydrogen) atoms. The van der Waals surface area contributed by atoms with Crippen LogP contribution >= 0.6 is 0 Å². The van der Waals surface area contributed by atoms with Gasteiger partial charge in [-0.05, 0) is 41.5 Å². The first-order valence-electron chi connectivity index (χ1n) is 9.19. The Bertz CT molecular complexity index is 827. The molecule has 0 aliphatic carbocycles. The summed E-state index contributed by atoms with van der Waals surface area (Å²) in [6.45, 7) is 7.43. The molecular formula is C22H26N2O2. The summed E-state index contributed by atoms with van der Waals surface area (Å²) >= 11 is 0. The summed E-state index contributed by atoms with van der Waals surface area (Å²) in [6, 6.07) is 14.2. The monoisotopic (exact) mass is 350 g/mol. The highest BCUT2D eigenvalue weighted by Gasteiger charge is 2.23. The maximum atomic E-state index is 12.6. The summed E-state index contributed by atoms with van der Waals surface area (Å²) in [6.07, 6.45) is 0.729. The lowest BCUT2D eigenvalue weighted by Gasteiger charge is -2.28. The molecule has 2 aromatic rings. The third-order valence-electron chi connectivity index (χ3n) is 4.99. The van der Waals surface area contributed by atoms with Gasteiger partial charge in [0, 0.05) is 18.8 Å². The maximum Gasteiger partial charge on any atom is 0.233 e. The van der Waals surface area contributed by atoms with E-state index in [9.17, 15) is 9.59 Å². The van der Waals surface area contributed by atoms with E-state index >= 15 is 0 Å². The summed E-state index contributed by atoms with van der Waals surface area (Å²) in [4.78, 5) is 26.8. The van der Waals surface area contributed by atoms with Crippen LogP contribution in [-0.2, 0) is 22.6 Å². The number of para-hydroxylation sites is 1. The number of fused-ring (bicyclic) bond motifs is 1. The van der Waals surface area contributed by atoms with Crippen molar-refractivity contribution < 1.29 is 9.59 Å². The second kappa shape index (κ2) is 7.73. The van der Waals surface area contributed by atoms with Gasteiger partial charge < -0.3 is 10.2 Å². The molecular weight excluding hydrogens is 324 g/mol. The molecule has 1 heterocycles. The van der Waals surface area contributed by atoms with Gasteiger partial charge in [0.1, 0.15) is 6.42 Å². The fourth-order valence-electron chi connectivity index (χ4n) is 3.48. The van der Waals surface area contributed by atoms with Gasteiger partial charge in [-0.1, -0.05) is 56.3 Å². The van der Waals surface area contributed by atoms with E-state index in [1.165, 1.54) is 11.1 Å². The van der Waals surface area contributed by atoms with Gasteiger partial charge in [-0.3, -0.25) is 9.59 Å². The first kappa shape index (κ1) is 18.2. The topological polar surface area (TPSA) is 49.4 Å². The highest BCUT2D eigenvalue weighted by Crippen LogP contribution is 2.27. The normalized spacial score (nSPS) is 13.5. The molecule has 1 N–H and O–H groups in total. The van der Waals surface area contributed by atoms with Gasteiger partial charge in [-0.2, -0.15) is 0 Å². The Hall–Kier alpha value is -2.62. The third kappa shape index (κ3) is 3.96. The van der Waals surface area contributed by atoms with Gasteiger partial charge in [0.2, 0.25) is 11.8 Å². The highest BCUT2D eigenvalue weighted by molar-refractivity contribution is 6.04. The van der Waals surface area contributed by atoms with Gasteiger partial charge in [0.05, 0.1) is 0 Å². The zero-order chi connectivity index (χ0) is 18.7. The van der Waals surface area contributed by atoms with Crippen molar-refractivity contribution in [1.29, 1.82) is 0 Å². The molecule has 3 rings (SSSR count). The molecule has 0 radical (unpaired) electrons. The zero-order valence-electron chi connectivity index (χ0n) is 15.7. The molecule has 0 saturated heterocycles. The van der Waals surface area contributed by atoms with E-state index in [4.69, 9.17) is 0 Å². The zero-order valence-corrected chi connectivity index (χ0v) is 15.7. The minimum atomic E-state index is -0.245.